The summed E-state index contributed by atoms with van der Waals surface area (Å²) in [5.74, 6) is -0.600. The topological polar surface area (TPSA) is 104 Å². The van der Waals surface area contributed by atoms with Gasteiger partial charge in [-0.2, -0.15) is 0 Å². The zero-order valence-electron chi connectivity index (χ0n) is 21.7. The first-order chi connectivity index (χ1) is 18.3. The molecule has 0 atom stereocenters. The van der Waals surface area contributed by atoms with Crippen LogP contribution in [0.15, 0.2) is 48.5 Å². The predicted molar refractivity (Wildman–Crippen MR) is 152 cm³/mol. The third-order valence-electron chi connectivity index (χ3n) is 8.40. The largest absolute Gasteiger partial charge is 0.395 e. The number of piperidine rings is 1. The molecule has 6 rings (SSSR count). The molecule has 9 heteroatoms. The summed E-state index contributed by atoms with van der Waals surface area (Å²) >= 11 is 0. The molecule has 1 spiro atoms. The number of aliphatic hydroxyl groups excluding tert-OH is 1. The molecule has 3 aromatic rings. The maximum absolute atomic E-state index is 13.7. The molecule has 1 aromatic heterocycles. The summed E-state index contributed by atoms with van der Waals surface area (Å²) in [6, 6.07) is 13.2. The Morgan fingerprint density at radius 3 is 2.58 bits per heavy atom. The van der Waals surface area contributed by atoms with Gasteiger partial charge in [0.1, 0.15) is 0 Å². The molecule has 1 saturated carbocycles. The van der Waals surface area contributed by atoms with Crippen LogP contribution < -0.4 is 14.9 Å². The van der Waals surface area contributed by atoms with E-state index in [2.05, 4.69) is 44.6 Å². The minimum Gasteiger partial charge on any atom is -0.395 e. The van der Waals surface area contributed by atoms with Crippen LogP contribution in [0, 0.1) is 5.41 Å². The molecule has 0 unspecified atom stereocenters. The number of amides is 1. The summed E-state index contributed by atoms with van der Waals surface area (Å²) in [6.45, 7) is 4.25. The van der Waals surface area contributed by atoms with Crippen LogP contribution in [0.4, 0.5) is 17.1 Å². The molecule has 2 aromatic carbocycles. The van der Waals surface area contributed by atoms with Crippen molar-refractivity contribution in [1.82, 2.24) is 4.57 Å². The lowest BCUT2D eigenvalue weighted by Crippen LogP contribution is -2.35. The summed E-state index contributed by atoms with van der Waals surface area (Å²) < 4.78 is 29.5. The van der Waals surface area contributed by atoms with E-state index < -0.39 is 16.6 Å². The Kier molecular flexibility index (Phi) is 6.23. The quantitative estimate of drug-likeness (QED) is 0.403. The fourth-order valence-corrected chi connectivity index (χ4v) is 6.79. The zero-order chi connectivity index (χ0) is 26.5. The second kappa shape index (κ2) is 9.47. The monoisotopic (exact) mass is 534 g/mol. The Balaban J connectivity index is 1.33. The van der Waals surface area contributed by atoms with Crippen LogP contribution in [0.2, 0.25) is 0 Å². The number of rotatable bonds is 7. The highest BCUT2D eigenvalue weighted by atomic mass is 32.2. The molecule has 0 bridgehead atoms. The molecular formula is C29H34N4O4S. The summed E-state index contributed by atoms with van der Waals surface area (Å²) in [5, 5.41) is 13.3. The fraction of sp³-hybridized carbons (Fsp3) is 0.414. The van der Waals surface area contributed by atoms with Crippen LogP contribution in [0.5, 0.6) is 0 Å². The number of fused-ring (bicyclic) bond motifs is 3. The minimum absolute atomic E-state index is 0.222. The average Bonchev–Trinajstić information content (AvgIpc) is 3.52. The van der Waals surface area contributed by atoms with Crippen LogP contribution in [-0.4, -0.2) is 49.4 Å². The van der Waals surface area contributed by atoms with Gasteiger partial charge >= 0.3 is 0 Å². The van der Waals surface area contributed by atoms with Crippen molar-refractivity contribution in [1.29, 1.82) is 0 Å². The number of nitrogens with one attached hydrogen (secondary N) is 2. The Labute approximate surface area is 223 Å². The normalized spacial score (nSPS) is 18.3. The first kappa shape index (κ1) is 25.0. The van der Waals surface area contributed by atoms with Crippen molar-refractivity contribution in [3.8, 4) is 0 Å². The standard InChI is InChI=1S/C29H34N4O4S/c1-20-4-3-13-33-25-6-2-5-24(23(25)19-26(20)33)30-28(35)22-8-7-21(31-38(36,37)17-16-34)18-27(22)32-14-11-29(9-10-29)12-15-32/h2,4-8,18-19,31,34H,3,9-17H2,1H3,(H,30,35). The fourth-order valence-electron chi connectivity index (χ4n) is 5.96. The molecule has 1 saturated heterocycles. The highest BCUT2D eigenvalue weighted by Crippen LogP contribution is 2.54. The number of benzene rings is 2. The highest BCUT2D eigenvalue weighted by Gasteiger charge is 2.44. The second-order valence-electron chi connectivity index (χ2n) is 10.9. The number of hydrogen-bond acceptors (Lipinski definition) is 5. The highest BCUT2D eigenvalue weighted by molar-refractivity contribution is 7.92. The molecule has 1 aliphatic carbocycles. The molecular weight excluding hydrogens is 500 g/mol. The van der Waals surface area contributed by atoms with E-state index in [1.165, 1.54) is 24.1 Å². The van der Waals surface area contributed by atoms with Crippen molar-refractivity contribution >= 4 is 49.5 Å². The maximum atomic E-state index is 13.7. The second-order valence-corrected chi connectivity index (χ2v) is 12.8. The lowest BCUT2D eigenvalue weighted by atomic mass is 9.93. The van der Waals surface area contributed by atoms with E-state index >= 15 is 0 Å². The van der Waals surface area contributed by atoms with E-state index in [-0.39, 0.29) is 11.7 Å². The zero-order valence-corrected chi connectivity index (χ0v) is 22.5. The molecule has 38 heavy (non-hydrogen) atoms. The molecule has 8 nitrogen and oxygen atoms in total. The van der Waals surface area contributed by atoms with Crippen molar-refractivity contribution in [3.63, 3.8) is 0 Å². The van der Waals surface area contributed by atoms with Crippen LogP contribution in [-0.2, 0) is 16.6 Å². The van der Waals surface area contributed by atoms with Crippen LogP contribution in [0.3, 0.4) is 0 Å². The molecule has 3 heterocycles. The molecule has 200 valence electrons. The van der Waals surface area contributed by atoms with Gasteiger partial charge in [0.2, 0.25) is 10.0 Å². The van der Waals surface area contributed by atoms with Gasteiger partial charge in [-0.05, 0) is 86.4 Å². The third-order valence-corrected chi connectivity index (χ3v) is 9.67. The van der Waals surface area contributed by atoms with Gasteiger partial charge in [0.15, 0.2) is 0 Å². The molecule has 3 aliphatic rings. The van der Waals surface area contributed by atoms with Crippen LogP contribution in [0.1, 0.15) is 55.1 Å². The van der Waals surface area contributed by atoms with E-state index in [4.69, 9.17) is 5.11 Å². The number of nitrogens with zero attached hydrogens (tertiary/aromatic N) is 2. The Hall–Kier alpha value is -3.30. The van der Waals surface area contributed by atoms with Crippen molar-refractivity contribution in [2.75, 3.05) is 40.4 Å². The molecule has 0 radical (unpaired) electrons. The van der Waals surface area contributed by atoms with Gasteiger partial charge in [-0.25, -0.2) is 8.42 Å². The summed E-state index contributed by atoms with van der Waals surface area (Å²) in [6.07, 6.45) is 7.95. The SMILES string of the molecule is CC1=CCCn2c1cc1c(NC(=O)c3ccc(NS(=O)(=O)CCO)cc3N3CCC4(CC3)CC4)cccc12. The molecule has 2 aliphatic heterocycles. The van der Waals surface area contributed by atoms with Crippen molar-refractivity contribution < 1.29 is 18.3 Å². The maximum Gasteiger partial charge on any atom is 0.257 e. The number of sulfonamides is 1. The van der Waals surface area contributed by atoms with E-state index in [1.54, 1.807) is 18.2 Å². The number of carbonyl (C=O) groups is 1. The number of anilines is 3. The number of aliphatic hydroxyl groups is 1. The van der Waals surface area contributed by atoms with E-state index in [1.807, 2.05) is 12.1 Å². The van der Waals surface area contributed by atoms with Crippen molar-refractivity contribution in [3.05, 3.63) is 59.8 Å². The van der Waals surface area contributed by atoms with Gasteiger partial charge in [0, 0.05) is 30.7 Å². The number of allylic oxidation sites excluding steroid dienone is 2. The van der Waals surface area contributed by atoms with E-state index in [9.17, 15) is 13.2 Å². The Morgan fingerprint density at radius 1 is 1.05 bits per heavy atom. The number of hydrogen-bond donors (Lipinski definition) is 3. The van der Waals surface area contributed by atoms with Gasteiger partial charge in [-0.3, -0.25) is 9.52 Å². The van der Waals surface area contributed by atoms with Crippen molar-refractivity contribution in [2.45, 2.75) is 45.6 Å². The van der Waals surface area contributed by atoms with Crippen molar-refractivity contribution in [2.24, 2.45) is 5.41 Å². The van der Waals surface area contributed by atoms with Gasteiger partial charge in [0.05, 0.1) is 40.5 Å². The summed E-state index contributed by atoms with van der Waals surface area (Å²) in [7, 11) is -3.68. The Morgan fingerprint density at radius 2 is 1.84 bits per heavy atom. The lowest BCUT2D eigenvalue weighted by Gasteiger charge is -2.35. The van der Waals surface area contributed by atoms with Gasteiger partial charge in [0.25, 0.3) is 5.91 Å². The molecule has 1 amide bonds. The predicted octanol–water partition coefficient (Wildman–Crippen LogP) is 4.82. The third kappa shape index (κ3) is 4.69. The van der Waals surface area contributed by atoms with Gasteiger partial charge in [-0.1, -0.05) is 12.1 Å². The average molecular weight is 535 g/mol. The first-order valence-electron chi connectivity index (χ1n) is 13.4. The summed E-state index contributed by atoms with van der Waals surface area (Å²) in [4.78, 5) is 15.9. The smallest absolute Gasteiger partial charge is 0.257 e. The molecule has 3 N–H and O–H groups in total. The number of carbonyl (C=O) groups excluding carboxylic acids is 1. The molecule has 2 fully saturated rings. The number of aromatic nitrogens is 1. The van der Waals surface area contributed by atoms with Crippen LogP contribution in [0.25, 0.3) is 16.5 Å². The number of aryl methyl sites for hydroxylation is 1. The summed E-state index contributed by atoms with van der Waals surface area (Å²) in [5.41, 5.74) is 6.38. The lowest BCUT2D eigenvalue weighted by molar-refractivity contribution is 0.102. The van der Waals surface area contributed by atoms with Crippen LogP contribution >= 0.6 is 0 Å². The Bertz CT molecular complexity index is 1540. The van der Waals surface area contributed by atoms with Gasteiger partial charge in [-0.15, -0.1) is 0 Å². The minimum atomic E-state index is -3.68. The van der Waals surface area contributed by atoms with E-state index in [0.717, 1.165) is 61.2 Å². The van der Waals surface area contributed by atoms with E-state index in [0.29, 0.717) is 16.7 Å². The van der Waals surface area contributed by atoms with Gasteiger partial charge < -0.3 is 19.9 Å². The first-order valence-corrected chi connectivity index (χ1v) is 15.0.